The molecule has 7 nitrogen and oxygen atoms in total. The van der Waals surface area contributed by atoms with E-state index in [1.807, 2.05) is 26.8 Å². The number of aromatic nitrogens is 4. The molecule has 0 radical (unpaired) electrons. The molecule has 0 saturated heterocycles. The van der Waals surface area contributed by atoms with Crippen molar-refractivity contribution in [3.05, 3.63) is 52.1 Å². The molecule has 3 rings (SSSR count). The van der Waals surface area contributed by atoms with Crippen molar-refractivity contribution in [2.24, 2.45) is 0 Å². The lowest BCUT2D eigenvalue weighted by atomic mass is 10.2. The molecule has 1 aromatic carbocycles. The molecule has 0 saturated carbocycles. The van der Waals surface area contributed by atoms with Gasteiger partial charge in [-0.3, -0.25) is 9.78 Å². The average molecular weight is 300 g/mol. The molecule has 2 aromatic heterocycles. The van der Waals surface area contributed by atoms with Crippen molar-refractivity contribution in [3.63, 3.8) is 0 Å². The standard InChI is InChI=1S/C13H10N4O3.C2H6/c1-7-2-3-10-9(4-7)11(18)16-13(15-10)17-6-8(5-14-17)12(19)20;1-2/h2-6H,1H3,(H,19,20)(H,15,16,18);1-2H3. The molecule has 2 heterocycles. The molecule has 0 aliphatic heterocycles. The highest BCUT2D eigenvalue weighted by atomic mass is 16.4. The predicted octanol–water partition coefficient (Wildman–Crippen LogP) is 2.14. The van der Waals surface area contributed by atoms with Gasteiger partial charge in [0.25, 0.3) is 5.56 Å². The number of hydrogen-bond donors (Lipinski definition) is 2. The number of nitrogens with zero attached hydrogens (tertiary/aromatic N) is 3. The van der Waals surface area contributed by atoms with Crippen molar-refractivity contribution in [2.45, 2.75) is 20.8 Å². The van der Waals surface area contributed by atoms with Crippen LogP contribution in [-0.4, -0.2) is 30.8 Å². The summed E-state index contributed by atoms with van der Waals surface area (Å²) in [6.07, 6.45) is 2.49. The van der Waals surface area contributed by atoms with Gasteiger partial charge in [-0.15, -0.1) is 0 Å². The third kappa shape index (κ3) is 2.88. The fourth-order valence-corrected chi connectivity index (χ4v) is 1.90. The lowest BCUT2D eigenvalue weighted by Gasteiger charge is -2.03. The van der Waals surface area contributed by atoms with Gasteiger partial charge in [0.05, 0.1) is 22.7 Å². The van der Waals surface area contributed by atoms with Crippen LogP contribution in [0, 0.1) is 6.92 Å². The van der Waals surface area contributed by atoms with Crippen molar-refractivity contribution < 1.29 is 9.90 Å². The Morgan fingerprint density at radius 3 is 2.68 bits per heavy atom. The van der Waals surface area contributed by atoms with Crippen molar-refractivity contribution in [3.8, 4) is 5.95 Å². The third-order valence-corrected chi connectivity index (χ3v) is 2.89. The highest BCUT2D eigenvalue weighted by Crippen LogP contribution is 2.11. The van der Waals surface area contributed by atoms with E-state index in [-0.39, 0.29) is 17.1 Å². The molecule has 0 bridgehead atoms. The van der Waals surface area contributed by atoms with Gasteiger partial charge in [0.2, 0.25) is 5.95 Å². The Labute approximate surface area is 126 Å². The van der Waals surface area contributed by atoms with E-state index in [0.29, 0.717) is 10.9 Å². The Morgan fingerprint density at radius 1 is 1.32 bits per heavy atom. The second-order valence-electron chi connectivity index (χ2n) is 4.39. The summed E-state index contributed by atoms with van der Waals surface area (Å²) in [4.78, 5) is 29.7. The van der Waals surface area contributed by atoms with Gasteiger partial charge in [0.1, 0.15) is 0 Å². The summed E-state index contributed by atoms with van der Waals surface area (Å²) < 4.78 is 1.23. The molecule has 114 valence electrons. The van der Waals surface area contributed by atoms with Gasteiger partial charge in [-0.2, -0.15) is 5.10 Å². The molecule has 22 heavy (non-hydrogen) atoms. The summed E-state index contributed by atoms with van der Waals surface area (Å²) in [6, 6.07) is 5.34. The zero-order valence-corrected chi connectivity index (χ0v) is 12.5. The zero-order chi connectivity index (χ0) is 16.3. The minimum absolute atomic E-state index is 0.0247. The van der Waals surface area contributed by atoms with Gasteiger partial charge in [-0.1, -0.05) is 25.5 Å². The Kier molecular flexibility index (Phi) is 4.36. The van der Waals surface area contributed by atoms with Crippen LogP contribution in [0.1, 0.15) is 29.8 Å². The number of rotatable bonds is 2. The number of aromatic amines is 1. The van der Waals surface area contributed by atoms with E-state index < -0.39 is 5.97 Å². The molecular weight excluding hydrogens is 284 g/mol. The fraction of sp³-hybridized carbons (Fsp3) is 0.200. The lowest BCUT2D eigenvalue weighted by Crippen LogP contribution is -2.14. The Bertz CT molecular complexity index is 880. The first-order chi connectivity index (χ1) is 10.5. The molecule has 7 heteroatoms. The molecule has 0 unspecified atom stereocenters. The van der Waals surface area contributed by atoms with E-state index in [0.717, 1.165) is 5.56 Å². The summed E-state index contributed by atoms with van der Waals surface area (Å²) in [6.45, 7) is 5.89. The van der Waals surface area contributed by atoms with Crippen LogP contribution in [0.2, 0.25) is 0 Å². The van der Waals surface area contributed by atoms with E-state index in [2.05, 4.69) is 15.1 Å². The number of H-pyrrole nitrogens is 1. The number of carboxylic acids is 1. The van der Waals surface area contributed by atoms with E-state index in [9.17, 15) is 9.59 Å². The van der Waals surface area contributed by atoms with Crippen molar-refractivity contribution in [2.75, 3.05) is 0 Å². The van der Waals surface area contributed by atoms with E-state index >= 15 is 0 Å². The normalized spacial score (nSPS) is 10.1. The summed E-state index contributed by atoms with van der Waals surface area (Å²) >= 11 is 0. The number of hydrogen-bond acceptors (Lipinski definition) is 4. The third-order valence-electron chi connectivity index (χ3n) is 2.89. The molecule has 0 aliphatic rings. The first-order valence-corrected chi connectivity index (χ1v) is 6.83. The molecule has 0 fully saturated rings. The van der Waals surface area contributed by atoms with Crippen molar-refractivity contribution >= 4 is 16.9 Å². The smallest absolute Gasteiger partial charge is 0.338 e. The van der Waals surface area contributed by atoms with Crippen molar-refractivity contribution in [1.82, 2.24) is 19.7 Å². The van der Waals surface area contributed by atoms with Crippen LogP contribution < -0.4 is 5.56 Å². The largest absolute Gasteiger partial charge is 0.478 e. The topological polar surface area (TPSA) is 101 Å². The monoisotopic (exact) mass is 300 g/mol. The van der Waals surface area contributed by atoms with Crippen LogP contribution in [-0.2, 0) is 0 Å². The number of aromatic carboxylic acids is 1. The van der Waals surface area contributed by atoms with Crippen molar-refractivity contribution in [1.29, 1.82) is 0 Å². The molecule has 3 aromatic rings. The van der Waals surface area contributed by atoms with Crippen LogP contribution >= 0.6 is 0 Å². The number of carboxylic acid groups (broad SMARTS) is 1. The minimum Gasteiger partial charge on any atom is -0.478 e. The molecular formula is C15H16N4O3. The average Bonchev–Trinajstić information content (AvgIpc) is 3.00. The first-order valence-electron chi connectivity index (χ1n) is 6.83. The summed E-state index contributed by atoms with van der Waals surface area (Å²) in [7, 11) is 0. The molecule has 0 spiro atoms. The highest BCUT2D eigenvalue weighted by Gasteiger charge is 2.10. The highest BCUT2D eigenvalue weighted by molar-refractivity contribution is 5.87. The number of aryl methyl sites for hydroxylation is 1. The van der Waals surface area contributed by atoms with Crippen LogP contribution in [0.3, 0.4) is 0 Å². The Hall–Kier alpha value is -2.96. The second kappa shape index (κ2) is 6.21. The van der Waals surface area contributed by atoms with E-state index in [1.165, 1.54) is 17.1 Å². The number of carbonyl (C=O) groups is 1. The summed E-state index contributed by atoms with van der Waals surface area (Å²) in [5.74, 6) is -0.908. The molecule has 0 amide bonds. The maximum absolute atomic E-state index is 12.0. The summed E-state index contributed by atoms with van der Waals surface area (Å²) in [5.41, 5.74) is 1.23. The molecule has 2 N–H and O–H groups in total. The van der Waals surface area contributed by atoms with Crippen LogP contribution in [0.5, 0.6) is 0 Å². The number of benzene rings is 1. The van der Waals surface area contributed by atoms with E-state index in [1.54, 1.807) is 12.1 Å². The quantitative estimate of drug-likeness (QED) is 0.755. The van der Waals surface area contributed by atoms with Gasteiger partial charge in [0.15, 0.2) is 0 Å². The fourth-order valence-electron chi connectivity index (χ4n) is 1.90. The minimum atomic E-state index is -1.09. The number of nitrogens with one attached hydrogen (secondary N) is 1. The van der Waals surface area contributed by atoms with Crippen LogP contribution in [0.25, 0.3) is 16.9 Å². The lowest BCUT2D eigenvalue weighted by molar-refractivity contribution is 0.0697. The van der Waals surface area contributed by atoms with Crippen LogP contribution in [0.15, 0.2) is 35.4 Å². The first kappa shape index (κ1) is 15.4. The van der Waals surface area contributed by atoms with Gasteiger partial charge in [-0.25, -0.2) is 14.5 Å². The SMILES string of the molecule is CC.Cc1ccc2nc(-n3cc(C(=O)O)cn3)[nH]c(=O)c2c1. The van der Waals surface area contributed by atoms with Gasteiger partial charge in [0, 0.05) is 6.20 Å². The van der Waals surface area contributed by atoms with Crippen LogP contribution in [0.4, 0.5) is 0 Å². The van der Waals surface area contributed by atoms with Gasteiger partial charge >= 0.3 is 5.97 Å². The van der Waals surface area contributed by atoms with Gasteiger partial charge in [-0.05, 0) is 19.1 Å². The maximum Gasteiger partial charge on any atom is 0.338 e. The van der Waals surface area contributed by atoms with Gasteiger partial charge < -0.3 is 5.11 Å². The zero-order valence-electron chi connectivity index (χ0n) is 12.5. The number of fused-ring (bicyclic) bond motifs is 1. The Morgan fingerprint density at radius 2 is 2.05 bits per heavy atom. The van der Waals surface area contributed by atoms with E-state index in [4.69, 9.17) is 5.11 Å². The molecule has 0 aliphatic carbocycles. The predicted molar refractivity (Wildman–Crippen MR) is 82.5 cm³/mol. The second-order valence-corrected chi connectivity index (χ2v) is 4.39. The maximum atomic E-state index is 12.0. The Balaban J connectivity index is 0.000000847. The summed E-state index contributed by atoms with van der Waals surface area (Å²) in [5, 5.41) is 13.2. The molecule has 0 atom stereocenters.